The molecule has 1 aromatic heterocycles. The van der Waals surface area contributed by atoms with Crippen molar-refractivity contribution >= 4 is 27.7 Å². The monoisotopic (exact) mass is 303 g/mol. The topological polar surface area (TPSA) is 68.4 Å². The second-order valence-electron chi connectivity index (χ2n) is 3.47. The molecule has 0 aromatic carbocycles. The maximum absolute atomic E-state index is 12.1. The SMILES string of the molecule is CCN(CCBr)C(=O)c1ccc([N+](=O)[O-])n1C. The van der Waals surface area contributed by atoms with Crippen LogP contribution in [0.25, 0.3) is 0 Å². The Hall–Kier alpha value is -1.37. The van der Waals surface area contributed by atoms with Crippen molar-refractivity contribution in [3.8, 4) is 0 Å². The summed E-state index contributed by atoms with van der Waals surface area (Å²) in [7, 11) is 1.52. The van der Waals surface area contributed by atoms with Crippen LogP contribution in [0.3, 0.4) is 0 Å². The van der Waals surface area contributed by atoms with Crippen LogP contribution in [-0.2, 0) is 7.05 Å². The molecule has 1 heterocycles. The van der Waals surface area contributed by atoms with Gasteiger partial charge in [0.2, 0.25) is 0 Å². The number of alkyl halides is 1. The lowest BCUT2D eigenvalue weighted by atomic mass is 10.3. The highest BCUT2D eigenvalue weighted by atomic mass is 79.9. The van der Waals surface area contributed by atoms with E-state index in [-0.39, 0.29) is 11.7 Å². The smallest absolute Gasteiger partial charge is 0.323 e. The number of hydrogen-bond donors (Lipinski definition) is 0. The van der Waals surface area contributed by atoms with E-state index >= 15 is 0 Å². The Morgan fingerprint density at radius 2 is 2.24 bits per heavy atom. The first-order valence-electron chi connectivity index (χ1n) is 5.18. The van der Waals surface area contributed by atoms with Gasteiger partial charge in [0.1, 0.15) is 0 Å². The zero-order valence-corrected chi connectivity index (χ0v) is 11.3. The van der Waals surface area contributed by atoms with Crippen LogP contribution in [-0.4, -0.2) is 38.7 Å². The molecule has 94 valence electrons. The lowest BCUT2D eigenvalue weighted by Crippen LogP contribution is -2.33. The molecule has 0 bridgehead atoms. The second-order valence-corrected chi connectivity index (χ2v) is 4.26. The van der Waals surface area contributed by atoms with Gasteiger partial charge >= 0.3 is 5.82 Å². The van der Waals surface area contributed by atoms with Gasteiger partial charge in [-0.3, -0.25) is 4.79 Å². The summed E-state index contributed by atoms with van der Waals surface area (Å²) in [4.78, 5) is 23.9. The molecule has 0 aliphatic rings. The Balaban J connectivity index is 3.00. The minimum atomic E-state index is -0.502. The molecule has 0 radical (unpaired) electrons. The van der Waals surface area contributed by atoms with E-state index in [4.69, 9.17) is 0 Å². The van der Waals surface area contributed by atoms with E-state index in [2.05, 4.69) is 15.9 Å². The third-order valence-electron chi connectivity index (χ3n) is 2.52. The Morgan fingerprint density at radius 1 is 1.59 bits per heavy atom. The summed E-state index contributed by atoms with van der Waals surface area (Å²) in [5.74, 6) is -0.272. The summed E-state index contributed by atoms with van der Waals surface area (Å²) < 4.78 is 1.30. The number of nitrogens with zero attached hydrogens (tertiary/aromatic N) is 3. The normalized spacial score (nSPS) is 10.3. The van der Waals surface area contributed by atoms with E-state index in [9.17, 15) is 14.9 Å². The molecule has 0 saturated carbocycles. The fraction of sp³-hybridized carbons (Fsp3) is 0.500. The number of rotatable bonds is 5. The van der Waals surface area contributed by atoms with Crippen molar-refractivity contribution in [3.63, 3.8) is 0 Å². The molecule has 1 amide bonds. The maximum Gasteiger partial charge on any atom is 0.323 e. The Labute approximate surface area is 107 Å². The molecule has 7 heteroatoms. The summed E-state index contributed by atoms with van der Waals surface area (Å²) in [6.07, 6.45) is 0. The maximum atomic E-state index is 12.1. The molecule has 0 N–H and O–H groups in total. The van der Waals surface area contributed by atoms with Crippen LogP contribution >= 0.6 is 15.9 Å². The summed E-state index contributed by atoms with van der Waals surface area (Å²) in [6, 6.07) is 2.83. The quantitative estimate of drug-likeness (QED) is 0.473. The highest BCUT2D eigenvalue weighted by Gasteiger charge is 2.23. The summed E-state index contributed by atoms with van der Waals surface area (Å²) in [5, 5.41) is 11.4. The fourth-order valence-electron chi connectivity index (χ4n) is 1.57. The molecular formula is C10H14BrN3O3. The number of hydrogen-bond acceptors (Lipinski definition) is 3. The molecule has 0 saturated heterocycles. The summed E-state index contributed by atoms with van der Waals surface area (Å²) in [5.41, 5.74) is 0.333. The molecule has 0 aliphatic carbocycles. The van der Waals surface area contributed by atoms with Gasteiger partial charge in [-0.15, -0.1) is 0 Å². The van der Waals surface area contributed by atoms with E-state index in [1.54, 1.807) is 4.90 Å². The molecule has 6 nitrogen and oxygen atoms in total. The zero-order valence-electron chi connectivity index (χ0n) is 9.72. The standard InChI is InChI=1S/C10H14BrN3O3/c1-3-13(7-6-11)10(15)8-4-5-9(12(8)2)14(16)17/h4-5H,3,6-7H2,1-2H3. The van der Waals surface area contributed by atoms with Gasteiger partial charge in [0.15, 0.2) is 5.69 Å². The van der Waals surface area contributed by atoms with E-state index in [1.807, 2.05) is 6.92 Å². The van der Waals surface area contributed by atoms with Gasteiger partial charge in [-0.1, -0.05) is 15.9 Å². The number of amides is 1. The molecule has 17 heavy (non-hydrogen) atoms. The van der Waals surface area contributed by atoms with Crippen LogP contribution in [0.4, 0.5) is 5.82 Å². The lowest BCUT2D eigenvalue weighted by molar-refractivity contribution is -0.391. The van der Waals surface area contributed by atoms with Gasteiger partial charge in [-0.2, -0.15) is 0 Å². The van der Waals surface area contributed by atoms with Gasteiger partial charge in [-0.05, 0) is 17.9 Å². The molecule has 0 fully saturated rings. The highest BCUT2D eigenvalue weighted by Crippen LogP contribution is 2.16. The van der Waals surface area contributed by atoms with Crippen LogP contribution in [0.5, 0.6) is 0 Å². The van der Waals surface area contributed by atoms with Gasteiger partial charge in [0, 0.05) is 24.5 Å². The molecular weight excluding hydrogens is 290 g/mol. The third-order valence-corrected chi connectivity index (χ3v) is 2.88. The van der Waals surface area contributed by atoms with Gasteiger partial charge in [0.05, 0.1) is 7.05 Å². The summed E-state index contributed by atoms with van der Waals surface area (Å²) >= 11 is 3.27. The van der Waals surface area contributed by atoms with Crippen molar-refractivity contribution in [2.45, 2.75) is 6.92 Å². The van der Waals surface area contributed by atoms with Gasteiger partial charge < -0.3 is 15.0 Å². The van der Waals surface area contributed by atoms with Gasteiger partial charge in [-0.25, -0.2) is 4.57 Å². The lowest BCUT2D eigenvalue weighted by Gasteiger charge is -2.18. The van der Waals surface area contributed by atoms with Crippen molar-refractivity contribution in [2.75, 3.05) is 18.4 Å². The van der Waals surface area contributed by atoms with Crippen molar-refractivity contribution in [2.24, 2.45) is 7.05 Å². The predicted octanol–water partition coefficient (Wildman–Crippen LogP) is 1.79. The van der Waals surface area contributed by atoms with Crippen molar-refractivity contribution < 1.29 is 9.72 Å². The average molecular weight is 304 g/mol. The van der Waals surface area contributed by atoms with Crippen LogP contribution in [0.2, 0.25) is 0 Å². The molecule has 0 spiro atoms. The predicted molar refractivity (Wildman–Crippen MR) is 67.4 cm³/mol. The first-order chi connectivity index (χ1) is 8.02. The first-order valence-corrected chi connectivity index (χ1v) is 6.30. The molecule has 1 aromatic rings. The van der Waals surface area contributed by atoms with Gasteiger partial charge in [0.25, 0.3) is 5.91 Å². The van der Waals surface area contributed by atoms with Crippen LogP contribution in [0.15, 0.2) is 12.1 Å². The molecule has 0 aliphatic heterocycles. The Kier molecular flexibility index (Phi) is 4.68. The molecule has 0 unspecified atom stereocenters. The number of halogens is 1. The van der Waals surface area contributed by atoms with Crippen molar-refractivity contribution in [3.05, 3.63) is 27.9 Å². The largest absolute Gasteiger partial charge is 0.358 e. The van der Waals surface area contributed by atoms with Crippen molar-refractivity contribution in [1.82, 2.24) is 9.47 Å². The third kappa shape index (κ3) is 2.85. The molecule has 1 rings (SSSR count). The summed E-state index contributed by atoms with van der Waals surface area (Å²) in [6.45, 7) is 3.02. The number of nitro groups is 1. The van der Waals surface area contributed by atoms with E-state index in [0.717, 1.165) is 0 Å². The fourth-order valence-corrected chi connectivity index (χ4v) is 1.99. The average Bonchev–Trinajstić information content (AvgIpc) is 2.67. The van der Waals surface area contributed by atoms with Crippen LogP contribution in [0, 0.1) is 10.1 Å². The minimum Gasteiger partial charge on any atom is -0.358 e. The van der Waals surface area contributed by atoms with E-state index in [0.29, 0.717) is 24.1 Å². The van der Waals surface area contributed by atoms with Crippen LogP contribution < -0.4 is 0 Å². The molecule has 0 atom stereocenters. The number of carbonyl (C=O) groups is 1. The number of carbonyl (C=O) groups excluding carboxylic acids is 1. The van der Waals surface area contributed by atoms with Crippen LogP contribution in [0.1, 0.15) is 17.4 Å². The second kappa shape index (κ2) is 5.81. The number of aromatic nitrogens is 1. The first kappa shape index (κ1) is 13.7. The Morgan fingerprint density at radius 3 is 2.65 bits per heavy atom. The minimum absolute atomic E-state index is 0.0803. The zero-order chi connectivity index (χ0) is 13.0. The highest BCUT2D eigenvalue weighted by molar-refractivity contribution is 9.09. The van der Waals surface area contributed by atoms with Crippen molar-refractivity contribution in [1.29, 1.82) is 0 Å². The van der Waals surface area contributed by atoms with E-state index in [1.165, 1.54) is 23.7 Å². The Bertz CT molecular complexity index is 430. The van der Waals surface area contributed by atoms with E-state index < -0.39 is 4.92 Å².